The van der Waals surface area contributed by atoms with Gasteiger partial charge in [0.05, 0.1) is 51.7 Å². The summed E-state index contributed by atoms with van der Waals surface area (Å²) in [6.45, 7) is 10.7. The lowest BCUT2D eigenvalue weighted by molar-refractivity contribution is -0.953. The van der Waals surface area contributed by atoms with Crippen molar-refractivity contribution in [3.63, 3.8) is 0 Å². The molecule has 4 heterocycles. The van der Waals surface area contributed by atoms with E-state index in [0.29, 0.717) is 35.1 Å². The van der Waals surface area contributed by atoms with E-state index in [9.17, 15) is 18.4 Å². The summed E-state index contributed by atoms with van der Waals surface area (Å²) in [5.74, 6) is -0.781. The van der Waals surface area contributed by atoms with E-state index < -0.39 is 23.0 Å². The predicted octanol–water partition coefficient (Wildman–Crippen LogP) is 6.61. The van der Waals surface area contributed by atoms with Crippen LogP contribution in [-0.2, 0) is 13.0 Å². The Hall–Kier alpha value is -5.26. The number of hydrogen-bond acceptors (Lipinski definition) is 6. The van der Waals surface area contributed by atoms with Crippen LogP contribution >= 0.6 is 0 Å². The summed E-state index contributed by atoms with van der Waals surface area (Å²) in [6, 6.07) is 22.2. The second-order valence-corrected chi connectivity index (χ2v) is 13.9. The number of ether oxygens (including phenoxy) is 3. The molecule has 0 spiro atoms. The smallest absolute Gasteiger partial charge is 0.263 e. The number of aromatic nitrogens is 1. The van der Waals surface area contributed by atoms with E-state index in [4.69, 9.17) is 14.2 Å². The second kappa shape index (κ2) is 15.4. The fourth-order valence-electron chi connectivity index (χ4n) is 7.61. The third-order valence-electron chi connectivity index (χ3n) is 10.6. The summed E-state index contributed by atoms with van der Waals surface area (Å²) in [5.41, 5.74) is 3.03. The van der Waals surface area contributed by atoms with Gasteiger partial charge in [0.15, 0.2) is 0 Å². The number of hydrogen-bond donors (Lipinski definition) is 0. The standard InChI is InChI=1S/C42H45F2N4O5/c1-4-46(33-21-31(43)20-32(44)22-33)42(50)39-27-47(34-23-36(51-2)25-37(24-34)52-3)40-26-35(11-12-38(40)41(39)49)53-19-5-6-29-7-9-30(10-8-29)28-48-16-13-45(14-17-48)15-18-48/h7-12,20-27H,4-6,13-19,28H2,1-3H3/q+1. The molecule has 1 amide bonds. The minimum Gasteiger partial charge on any atom is -0.497 e. The molecule has 11 heteroatoms. The van der Waals surface area contributed by atoms with Crippen LogP contribution in [0, 0.1) is 11.6 Å². The van der Waals surface area contributed by atoms with E-state index in [1.54, 1.807) is 47.9 Å². The summed E-state index contributed by atoms with van der Waals surface area (Å²) in [4.78, 5) is 31.7. The molecule has 0 aliphatic carbocycles. The van der Waals surface area contributed by atoms with Gasteiger partial charge in [-0.3, -0.25) is 14.5 Å². The number of fused-ring (bicyclic) bond motifs is 4. The Balaban J connectivity index is 1.13. The number of carbonyl (C=O) groups is 1. The van der Waals surface area contributed by atoms with Gasteiger partial charge in [0.1, 0.15) is 41.0 Å². The van der Waals surface area contributed by atoms with Crippen LogP contribution in [0.2, 0.25) is 0 Å². The van der Waals surface area contributed by atoms with Crippen LogP contribution in [0.1, 0.15) is 34.8 Å². The monoisotopic (exact) mass is 723 g/mol. The van der Waals surface area contributed by atoms with Crippen molar-refractivity contribution in [2.24, 2.45) is 0 Å². The first kappa shape index (κ1) is 36.1. The number of nitrogens with zero attached hydrogens (tertiary/aromatic N) is 4. The number of pyridine rings is 1. The van der Waals surface area contributed by atoms with Gasteiger partial charge in [-0.2, -0.15) is 0 Å². The molecule has 53 heavy (non-hydrogen) atoms. The number of piperazine rings is 3. The molecule has 4 aromatic carbocycles. The first-order valence-corrected chi connectivity index (χ1v) is 18.2. The maximum atomic E-state index is 14.2. The molecule has 0 unspecified atom stereocenters. The number of halogens is 2. The van der Waals surface area contributed by atoms with Crippen LogP contribution < -0.4 is 24.5 Å². The average Bonchev–Trinajstić information content (AvgIpc) is 3.17. The molecule has 0 radical (unpaired) electrons. The quantitative estimate of drug-likeness (QED) is 0.101. The van der Waals surface area contributed by atoms with Gasteiger partial charge in [-0.1, -0.05) is 24.3 Å². The Kier molecular flexibility index (Phi) is 10.5. The van der Waals surface area contributed by atoms with Crippen molar-refractivity contribution in [1.82, 2.24) is 9.47 Å². The highest BCUT2D eigenvalue weighted by Gasteiger charge is 2.38. The molecular weight excluding hydrogens is 678 g/mol. The zero-order valence-electron chi connectivity index (χ0n) is 30.4. The molecule has 3 fully saturated rings. The fourth-order valence-corrected chi connectivity index (χ4v) is 7.61. The number of aryl methyl sites for hydroxylation is 1. The zero-order valence-corrected chi connectivity index (χ0v) is 30.4. The van der Waals surface area contributed by atoms with Crippen molar-refractivity contribution in [3.8, 4) is 22.9 Å². The van der Waals surface area contributed by atoms with E-state index in [1.165, 1.54) is 80.2 Å². The minimum atomic E-state index is -0.828. The predicted molar refractivity (Wildman–Crippen MR) is 202 cm³/mol. The molecular formula is C42H45F2N4O5+. The lowest BCUT2D eigenvalue weighted by Gasteiger charge is -2.50. The molecule has 8 rings (SSSR count). The summed E-state index contributed by atoms with van der Waals surface area (Å²) >= 11 is 0. The lowest BCUT2D eigenvalue weighted by atomic mass is 10.0. The van der Waals surface area contributed by atoms with Gasteiger partial charge in [-0.15, -0.1) is 0 Å². The zero-order chi connectivity index (χ0) is 37.1. The van der Waals surface area contributed by atoms with Crippen LogP contribution in [-0.4, -0.2) is 86.5 Å². The third kappa shape index (κ3) is 7.77. The molecule has 3 aliphatic heterocycles. The average molecular weight is 724 g/mol. The molecule has 0 saturated carbocycles. The summed E-state index contributed by atoms with van der Waals surface area (Å²) < 4.78 is 48.5. The number of anilines is 1. The number of methoxy groups -OCH3 is 2. The van der Waals surface area contributed by atoms with Crippen molar-refractivity contribution in [2.75, 3.05) is 71.5 Å². The molecule has 0 atom stereocenters. The van der Waals surface area contributed by atoms with Crippen molar-refractivity contribution < 1.29 is 32.3 Å². The number of benzene rings is 4. The van der Waals surface area contributed by atoms with Crippen LogP contribution in [0.25, 0.3) is 16.6 Å². The van der Waals surface area contributed by atoms with Gasteiger partial charge >= 0.3 is 0 Å². The molecule has 9 nitrogen and oxygen atoms in total. The van der Waals surface area contributed by atoms with Crippen molar-refractivity contribution in [2.45, 2.75) is 26.3 Å². The van der Waals surface area contributed by atoms with E-state index in [2.05, 4.69) is 29.2 Å². The highest BCUT2D eigenvalue weighted by atomic mass is 19.1. The SMILES string of the molecule is CCN(C(=O)c1cn(-c2cc(OC)cc(OC)c2)c2cc(OCCCc3ccc(C[N+]45CCN(CC4)CC5)cc3)ccc2c1=O)c1cc(F)cc(F)c1. The molecule has 3 aliphatic rings. The van der Waals surface area contributed by atoms with Gasteiger partial charge in [-0.05, 0) is 49.6 Å². The first-order chi connectivity index (χ1) is 25.7. The van der Waals surface area contributed by atoms with Gasteiger partial charge in [0.2, 0.25) is 5.43 Å². The van der Waals surface area contributed by atoms with Gasteiger partial charge < -0.3 is 28.2 Å². The Bertz CT molecular complexity index is 2120. The van der Waals surface area contributed by atoms with Gasteiger partial charge in [-0.25, -0.2) is 8.78 Å². The third-order valence-corrected chi connectivity index (χ3v) is 10.6. The Labute approximate surface area is 308 Å². The summed E-state index contributed by atoms with van der Waals surface area (Å²) in [5, 5.41) is 0.267. The van der Waals surface area contributed by atoms with Crippen LogP contribution in [0.3, 0.4) is 0 Å². The highest BCUT2D eigenvalue weighted by molar-refractivity contribution is 6.07. The van der Waals surface area contributed by atoms with E-state index in [1.807, 2.05) is 0 Å². The Morgan fingerprint density at radius 3 is 2.08 bits per heavy atom. The molecule has 5 aromatic rings. The Morgan fingerprint density at radius 1 is 0.811 bits per heavy atom. The normalized spacial score (nSPS) is 17.9. The van der Waals surface area contributed by atoms with Crippen molar-refractivity contribution >= 4 is 22.5 Å². The van der Waals surface area contributed by atoms with Crippen LogP contribution in [0.15, 0.2) is 89.9 Å². The molecule has 1 aromatic heterocycles. The van der Waals surface area contributed by atoms with Crippen molar-refractivity contribution in [3.05, 3.63) is 124 Å². The van der Waals surface area contributed by atoms with E-state index in [-0.39, 0.29) is 23.2 Å². The number of amides is 1. The van der Waals surface area contributed by atoms with Crippen LogP contribution in [0.4, 0.5) is 14.5 Å². The fraction of sp³-hybridized carbons (Fsp3) is 0.333. The molecule has 2 bridgehead atoms. The highest BCUT2D eigenvalue weighted by Crippen LogP contribution is 2.30. The van der Waals surface area contributed by atoms with E-state index in [0.717, 1.165) is 37.6 Å². The maximum absolute atomic E-state index is 14.2. The maximum Gasteiger partial charge on any atom is 0.263 e. The van der Waals surface area contributed by atoms with Gasteiger partial charge in [0.25, 0.3) is 5.91 Å². The Morgan fingerprint density at radius 2 is 1.45 bits per heavy atom. The van der Waals surface area contributed by atoms with Gasteiger partial charge in [0, 0.05) is 79.3 Å². The number of carbonyl (C=O) groups excluding carboxylic acids is 1. The largest absolute Gasteiger partial charge is 0.497 e. The number of quaternary nitrogens is 1. The second-order valence-electron chi connectivity index (χ2n) is 13.9. The van der Waals surface area contributed by atoms with Crippen LogP contribution in [0.5, 0.6) is 17.2 Å². The topological polar surface area (TPSA) is 73.2 Å². The molecule has 0 N–H and O–H groups in total. The van der Waals surface area contributed by atoms with E-state index >= 15 is 0 Å². The van der Waals surface area contributed by atoms with Crippen molar-refractivity contribution in [1.29, 1.82) is 0 Å². The number of rotatable bonds is 13. The molecule has 276 valence electrons. The summed E-state index contributed by atoms with van der Waals surface area (Å²) in [7, 11) is 3.07. The summed E-state index contributed by atoms with van der Waals surface area (Å²) in [6.07, 6.45) is 3.11. The molecule has 3 saturated heterocycles. The lowest BCUT2D eigenvalue weighted by Crippen LogP contribution is -2.66. The minimum absolute atomic E-state index is 0.00692. The first-order valence-electron chi connectivity index (χ1n) is 18.2.